The molecule has 1 fully saturated rings. The van der Waals surface area contributed by atoms with Gasteiger partial charge in [0.15, 0.2) is 0 Å². The second-order valence-electron chi connectivity index (χ2n) is 5.84. The van der Waals surface area contributed by atoms with E-state index in [0.29, 0.717) is 5.41 Å². The van der Waals surface area contributed by atoms with Gasteiger partial charge in [0.25, 0.3) is 0 Å². The molecule has 15 heavy (non-hydrogen) atoms. The average molecular weight is 202 g/mol. The summed E-state index contributed by atoms with van der Waals surface area (Å²) in [5.74, 6) is 1.01. The Bertz CT molecular complexity index is 321. The zero-order valence-corrected chi connectivity index (χ0v) is 9.89. The topological polar surface area (TPSA) is 0 Å². The van der Waals surface area contributed by atoms with Gasteiger partial charge in [0.2, 0.25) is 0 Å². The van der Waals surface area contributed by atoms with Crippen molar-refractivity contribution in [1.29, 1.82) is 0 Å². The molecule has 1 saturated carbocycles. The minimum absolute atomic E-state index is 0.594. The summed E-state index contributed by atoms with van der Waals surface area (Å²) in [6.45, 7) is 2.56. The first-order valence-electron chi connectivity index (χ1n) is 6.70. The highest BCUT2D eigenvalue weighted by atomic mass is 14.5. The van der Waals surface area contributed by atoms with Gasteiger partial charge >= 0.3 is 0 Å². The van der Waals surface area contributed by atoms with Crippen LogP contribution in [-0.2, 0) is 0 Å². The molecule has 0 amide bonds. The summed E-state index contributed by atoms with van der Waals surface area (Å²) in [6, 6.07) is 0. The Morgan fingerprint density at radius 1 is 1.20 bits per heavy atom. The van der Waals surface area contributed by atoms with Crippen molar-refractivity contribution >= 4 is 0 Å². The molecule has 0 aromatic heterocycles. The van der Waals surface area contributed by atoms with E-state index in [2.05, 4.69) is 19.1 Å². The maximum atomic E-state index is 2.56. The molecule has 0 heteroatoms. The monoisotopic (exact) mass is 202 g/mol. The maximum Gasteiger partial charge on any atom is -0.00821 e. The minimum atomic E-state index is 0.594. The normalized spacial score (nSPS) is 39.9. The molecule has 0 spiro atoms. The number of hydrogen-bond acceptors (Lipinski definition) is 0. The number of fused-ring (bicyclic) bond motifs is 2. The van der Waals surface area contributed by atoms with Gasteiger partial charge in [-0.1, -0.05) is 37.5 Å². The summed E-state index contributed by atoms with van der Waals surface area (Å²) in [5.41, 5.74) is 4.15. The summed E-state index contributed by atoms with van der Waals surface area (Å²) in [6.07, 6.45) is 16.2. The number of allylic oxidation sites excluding steroid dienone is 4. The standard InChI is InChI=1S/C15H22/c1-15-11-5-4-7-13(15)10-9-12-6-2-3-8-14(12)15/h2,6,13H,3-5,7-11H2,1H3/t13-,15+/m0/s1. The van der Waals surface area contributed by atoms with E-state index in [1.54, 1.807) is 5.57 Å². The van der Waals surface area contributed by atoms with Crippen LogP contribution in [0, 0.1) is 11.3 Å². The molecule has 0 aromatic carbocycles. The van der Waals surface area contributed by atoms with Crippen LogP contribution in [-0.4, -0.2) is 0 Å². The first-order chi connectivity index (χ1) is 7.31. The van der Waals surface area contributed by atoms with Crippen molar-refractivity contribution in [2.24, 2.45) is 11.3 Å². The summed E-state index contributed by atoms with van der Waals surface area (Å²) in [4.78, 5) is 0. The highest BCUT2D eigenvalue weighted by molar-refractivity contribution is 5.36. The van der Waals surface area contributed by atoms with Crippen molar-refractivity contribution in [3.8, 4) is 0 Å². The third-order valence-electron chi connectivity index (χ3n) is 5.12. The lowest BCUT2D eigenvalue weighted by molar-refractivity contribution is 0.131. The first-order valence-corrected chi connectivity index (χ1v) is 6.70. The molecule has 0 radical (unpaired) electrons. The van der Waals surface area contributed by atoms with Crippen LogP contribution >= 0.6 is 0 Å². The molecule has 3 rings (SSSR count). The van der Waals surface area contributed by atoms with Crippen LogP contribution in [0.1, 0.15) is 58.3 Å². The fourth-order valence-corrected chi connectivity index (χ4v) is 4.20. The molecule has 0 heterocycles. The van der Waals surface area contributed by atoms with Gasteiger partial charge in [-0.2, -0.15) is 0 Å². The molecule has 0 aromatic rings. The molecule has 0 aliphatic heterocycles. The Morgan fingerprint density at radius 2 is 2.13 bits per heavy atom. The average Bonchev–Trinajstić information content (AvgIpc) is 2.29. The SMILES string of the molecule is C[C@@]12CCCC[C@H]1CCC1=C2CCC=C1. The molecule has 0 saturated heterocycles. The molecule has 0 unspecified atom stereocenters. The highest BCUT2D eigenvalue weighted by Crippen LogP contribution is 2.55. The molecular weight excluding hydrogens is 180 g/mol. The predicted molar refractivity (Wildman–Crippen MR) is 64.7 cm³/mol. The van der Waals surface area contributed by atoms with E-state index in [1.165, 1.54) is 51.4 Å². The van der Waals surface area contributed by atoms with Crippen LogP contribution < -0.4 is 0 Å². The zero-order valence-electron chi connectivity index (χ0n) is 9.89. The van der Waals surface area contributed by atoms with Gasteiger partial charge in [-0.25, -0.2) is 0 Å². The second kappa shape index (κ2) is 3.50. The van der Waals surface area contributed by atoms with Crippen molar-refractivity contribution in [3.05, 3.63) is 23.3 Å². The fourth-order valence-electron chi connectivity index (χ4n) is 4.20. The summed E-state index contributed by atoms with van der Waals surface area (Å²) >= 11 is 0. The fraction of sp³-hybridized carbons (Fsp3) is 0.733. The van der Waals surface area contributed by atoms with Gasteiger partial charge in [-0.05, 0) is 55.4 Å². The Kier molecular flexibility index (Phi) is 2.26. The Morgan fingerprint density at radius 3 is 3.07 bits per heavy atom. The van der Waals surface area contributed by atoms with E-state index in [4.69, 9.17) is 0 Å². The lowest BCUT2D eigenvalue weighted by atomic mass is 9.57. The minimum Gasteiger partial charge on any atom is -0.0839 e. The molecule has 0 nitrogen and oxygen atoms in total. The van der Waals surface area contributed by atoms with Crippen LogP contribution in [0.2, 0.25) is 0 Å². The summed E-state index contributed by atoms with van der Waals surface area (Å²) in [7, 11) is 0. The van der Waals surface area contributed by atoms with Crippen molar-refractivity contribution in [1.82, 2.24) is 0 Å². The van der Waals surface area contributed by atoms with Crippen molar-refractivity contribution < 1.29 is 0 Å². The smallest absolute Gasteiger partial charge is 0.00821 e. The van der Waals surface area contributed by atoms with Crippen molar-refractivity contribution in [3.63, 3.8) is 0 Å². The van der Waals surface area contributed by atoms with Gasteiger partial charge < -0.3 is 0 Å². The van der Waals surface area contributed by atoms with E-state index in [0.717, 1.165) is 5.92 Å². The first kappa shape index (κ1) is 9.69. The third-order valence-corrected chi connectivity index (χ3v) is 5.12. The van der Waals surface area contributed by atoms with E-state index in [-0.39, 0.29) is 0 Å². The van der Waals surface area contributed by atoms with E-state index in [1.807, 2.05) is 5.57 Å². The molecule has 82 valence electrons. The van der Waals surface area contributed by atoms with Gasteiger partial charge in [0.05, 0.1) is 0 Å². The van der Waals surface area contributed by atoms with Gasteiger partial charge in [0.1, 0.15) is 0 Å². The van der Waals surface area contributed by atoms with Gasteiger partial charge in [-0.3, -0.25) is 0 Å². The molecular formula is C15H22. The van der Waals surface area contributed by atoms with E-state index in [9.17, 15) is 0 Å². The van der Waals surface area contributed by atoms with Crippen LogP contribution in [0.15, 0.2) is 23.3 Å². The number of hydrogen-bond donors (Lipinski definition) is 0. The van der Waals surface area contributed by atoms with Gasteiger partial charge in [-0.15, -0.1) is 0 Å². The van der Waals surface area contributed by atoms with E-state index < -0.39 is 0 Å². The molecule has 3 aliphatic rings. The van der Waals surface area contributed by atoms with Crippen LogP contribution in [0.5, 0.6) is 0 Å². The molecule has 2 atom stereocenters. The molecule has 0 bridgehead atoms. The Hall–Kier alpha value is -0.520. The molecule has 3 aliphatic carbocycles. The second-order valence-corrected chi connectivity index (χ2v) is 5.84. The third kappa shape index (κ3) is 1.41. The van der Waals surface area contributed by atoms with Gasteiger partial charge in [0, 0.05) is 0 Å². The molecule has 0 N–H and O–H groups in total. The Labute approximate surface area is 93.5 Å². The van der Waals surface area contributed by atoms with Crippen LogP contribution in [0.25, 0.3) is 0 Å². The lowest BCUT2D eigenvalue weighted by Gasteiger charge is -2.48. The number of rotatable bonds is 0. The predicted octanol–water partition coefficient (Wildman–Crippen LogP) is 4.62. The zero-order chi connectivity index (χ0) is 10.3. The van der Waals surface area contributed by atoms with E-state index >= 15 is 0 Å². The van der Waals surface area contributed by atoms with Crippen molar-refractivity contribution in [2.75, 3.05) is 0 Å². The Balaban J connectivity index is 2.01. The quantitative estimate of drug-likeness (QED) is 0.537. The summed E-state index contributed by atoms with van der Waals surface area (Å²) in [5, 5.41) is 0. The lowest BCUT2D eigenvalue weighted by Crippen LogP contribution is -2.36. The maximum absolute atomic E-state index is 2.56. The van der Waals surface area contributed by atoms with Crippen LogP contribution in [0.3, 0.4) is 0 Å². The largest absolute Gasteiger partial charge is 0.0839 e. The highest BCUT2D eigenvalue weighted by Gasteiger charge is 2.42. The van der Waals surface area contributed by atoms with Crippen molar-refractivity contribution in [2.45, 2.75) is 58.3 Å². The van der Waals surface area contributed by atoms with Crippen LogP contribution in [0.4, 0.5) is 0 Å². The summed E-state index contributed by atoms with van der Waals surface area (Å²) < 4.78 is 0.